The van der Waals surface area contributed by atoms with Crippen LogP contribution in [0.3, 0.4) is 0 Å². The summed E-state index contributed by atoms with van der Waals surface area (Å²) < 4.78 is 0. The third-order valence-electron chi connectivity index (χ3n) is 7.72. The van der Waals surface area contributed by atoms with Crippen molar-refractivity contribution in [3.05, 3.63) is 190 Å². The van der Waals surface area contributed by atoms with Gasteiger partial charge in [-0.1, -0.05) is 148 Å². The van der Waals surface area contributed by atoms with Crippen molar-refractivity contribution >= 4 is 11.1 Å². The molecule has 0 atom stereocenters. The Morgan fingerprint density at radius 1 is 0.545 bits per heavy atom. The van der Waals surface area contributed by atoms with Crippen LogP contribution in [0.25, 0.3) is 11.1 Å². The van der Waals surface area contributed by atoms with Crippen LogP contribution in [0.4, 0.5) is 0 Å². The molecule has 0 aliphatic carbocycles. The summed E-state index contributed by atoms with van der Waals surface area (Å²) in [5, 5.41) is 0. The highest BCUT2D eigenvalue weighted by Gasteiger charge is 2.21. The van der Waals surface area contributed by atoms with E-state index in [-0.39, 0.29) is 0 Å². The Morgan fingerprint density at radius 3 is 1.36 bits per heavy atom. The van der Waals surface area contributed by atoms with Crippen molar-refractivity contribution in [3.8, 4) is 0 Å². The zero-order valence-corrected chi connectivity index (χ0v) is 28.4. The normalized spacial score (nSPS) is 15.3. The SMILES string of the molecule is C=CC(=C(\C=C/C)C(=C/C)/C(=C\C)C(/C=C)=C(C)/C(=C/CC)C(=C\C)/c1ccccc1)/C(=C/CC)C(=C\C)/c1ccccc1. The molecule has 0 heteroatoms. The smallest absolute Gasteiger partial charge is 0.0106 e. The number of hydrogen-bond donors (Lipinski definition) is 0. The van der Waals surface area contributed by atoms with Crippen LogP contribution in [0, 0.1) is 0 Å². The molecule has 0 saturated carbocycles. The van der Waals surface area contributed by atoms with Gasteiger partial charge in [-0.05, 0) is 121 Å². The predicted molar refractivity (Wildman–Crippen MR) is 199 cm³/mol. The van der Waals surface area contributed by atoms with E-state index < -0.39 is 0 Å². The van der Waals surface area contributed by atoms with E-state index in [0.717, 1.165) is 40.7 Å². The first-order chi connectivity index (χ1) is 21.4. The van der Waals surface area contributed by atoms with Crippen LogP contribution in [-0.4, -0.2) is 0 Å². The average Bonchev–Trinajstić information content (AvgIpc) is 3.06. The van der Waals surface area contributed by atoms with E-state index in [4.69, 9.17) is 0 Å². The zero-order chi connectivity index (χ0) is 32.5. The lowest BCUT2D eigenvalue weighted by Crippen LogP contribution is -2.04. The van der Waals surface area contributed by atoms with Gasteiger partial charge in [0, 0.05) is 0 Å². The third-order valence-corrected chi connectivity index (χ3v) is 7.72. The molecule has 0 amide bonds. The summed E-state index contributed by atoms with van der Waals surface area (Å²) in [6.45, 7) is 25.9. The van der Waals surface area contributed by atoms with Gasteiger partial charge in [0.2, 0.25) is 0 Å². The molecule has 0 aliphatic rings. The maximum absolute atomic E-state index is 4.34. The van der Waals surface area contributed by atoms with Gasteiger partial charge in [0.15, 0.2) is 0 Å². The van der Waals surface area contributed by atoms with Gasteiger partial charge >= 0.3 is 0 Å². The Morgan fingerprint density at radius 2 is 0.977 bits per heavy atom. The first-order valence-corrected chi connectivity index (χ1v) is 15.9. The van der Waals surface area contributed by atoms with Crippen LogP contribution < -0.4 is 0 Å². The van der Waals surface area contributed by atoms with Gasteiger partial charge in [-0.2, -0.15) is 0 Å². The van der Waals surface area contributed by atoms with Crippen molar-refractivity contribution < 1.29 is 0 Å². The monoisotopic (exact) mass is 580 g/mol. The molecule has 0 saturated heterocycles. The fourth-order valence-electron chi connectivity index (χ4n) is 5.81. The van der Waals surface area contributed by atoms with Crippen molar-refractivity contribution in [2.75, 3.05) is 0 Å². The van der Waals surface area contributed by atoms with Crippen LogP contribution >= 0.6 is 0 Å². The molecule has 0 radical (unpaired) electrons. The van der Waals surface area contributed by atoms with Crippen LogP contribution in [-0.2, 0) is 0 Å². The van der Waals surface area contributed by atoms with E-state index >= 15 is 0 Å². The summed E-state index contributed by atoms with van der Waals surface area (Å²) in [7, 11) is 0. The van der Waals surface area contributed by atoms with E-state index in [1.165, 1.54) is 39.0 Å². The molecule has 0 N–H and O–H groups in total. The number of hydrogen-bond acceptors (Lipinski definition) is 0. The Hall–Kier alpha value is -4.42. The number of benzene rings is 2. The minimum Gasteiger partial charge on any atom is -0.0984 e. The second kappa shape index (κ2) is 19.0. The van der Waals surface area contributed by atoms with Crippen molar-refractivity contribution in [1.29, 1.82) is 0 Å². The summed E-state index contributed by atoms with van der Waals surface area (Å²) in [6.07, 6.45) is 23.8. The molecule has 0 unspecified atom stereocenters. The van der Waals surface area contributed by atoms with Gasteiger partial charge in [0.25, 0.3) is 0 Å². The highest BCUT2D eigenvalue weighted by molar-refractivity contribution is 5.87. The van der Waals surface area contributed by atoms with Crippen molar-refractivity contribution in [3.63, 3.8) is 0 Å². The Kier molecular flexibility index (Phi) is 15.4. The zero-order valence-electron chi connectivity index (χ0n) is 28.4. The molecule has 0 aromatic heterocycles. The molecule has 0 spiro atoms. The molecular weight excluding hydrogens is 528 g/mol. The standard InChI is InChI=1S/C44H52/c1-11-26-42(37(15-5)34-29-22-20-23-30-34)33(10)36(14-4)39(17-7)40(18-8)44(28-13-3)41(19-9)43(27-12-2)38(16-6)35-31-24-21-25-32-35/h13-32H,4,9,11-12H2,1-3,5-8,10H3/b28-13-,36-33+,37-15-,38-16-,39-17-,40-18+,42-26-,43-27+,44-41-. The Bertz CT molecular complexity index is 1550. The molecule has 2 aromatic carbocycles. The van der Waals surface area contributed by atoms with E-state index in [1.807, 2.05) is 12.2 Å². The molecule has 0 fully saturated rings. The van der Waals surface area contributed by atoms with Gasteiger partial charge in [0.05, 0.1) is 0 Å². The highest BCUT2D eigenvalue weighted by atomic mass is 14.2. The first kappa shape index (κ1) is 35.8. The van der Waals surface area contributed by atoms with Crippen molar-refractivity contribution in [1.82, 2.24) is 0 Å². The van der Waals surface area contributed by atoms with Gasteiger partial charge in [-0.3, -0.25) is 0 Å². The second-order valence-corrected chi connectivity index (χ2v) is 10.4. The van der Waals surface area contributed by atoms with Crippen LogP contribution in [0.2, 0.25) is 0 Å². The Balaban J connectivity index is 2.93. The fraction of sp³-hybridized carbons (Fsp3) is 0.227. The number of rotatable bonds is 14. The lowest BCUT2D eigenvalue weighted by atomic mass is 9.80. The molecule has 44 heavy (non-hydrogen) atoms. The van der Waals surface area contributed by atoms with E-state index in [2.05, 4.69) is 178 Å². The van der Waals surface area contributed by atoms with Gasteiger partial charge in [0.1, 0.15) is 0 Å². The van der Waals surface area contributed by atoms with Gasteiger partial charge in [-0.15, -0.1) is 0 Å². The van der Waals surface area contributed by atoms with E-state index in [9.17, 15) is 0 Å². The quantitative estimate of drug-likeness (QED) is 0.195. The van der Waals surface area contributed by atoms with Gasteiger partial charge in [-0.25, -0.2) is 0 Å². The molecular formula is C44H52. The molecule has 0 bridgehead atoms. The van der Waals surface area contributed by atoms with Crippen LogP contribution in [0.1, 0.15) is 79.4 Å². The summed E-state index contributed by atoms with van der Waals surface area (Å²) in [5.74, 6) is 0. The summed E-state index contributed by atoms with van der Waals surface area (Å²) >= 11 is 0. The number of allylic oxidation sites excluding steroid dienone is 20. The highest BCUT2D eigenvalue weighted by Crippen LogP contribution is 2.40. The third kappa shape index (κ3) is 8.57. The van der Waals surface area contributed by atoms with Gasteiger partial charge < -0.3 is 0 Å². The van der Waals surface area contributed by atoms with Crippen molar-refractivity contribution in [2.45, 2.75) is 68.2 Å². The lowest BCUT2D eigenvalue weighted by molar-refractivity contribution is 1.19. The summed E-state index contributed by atoms with van der Waals surface area (Å²) in [5.41, 5.74) is 14.1. The van der Waals surface area contributed by atoms with E-state index in [1.54, 1.807) is 0 Å². The summed E-state index contributed by atoms with van der Waals surface area (Å²) in [4.78, 5) is 0. The van der Waals surface area contributed by atoms with E-state index in [0.29, 0.717) is 0 Å². The Labute approximate surface area is 269 Å². The predicted octanol–water partition coefficient (Wildman–Crippen LogP) is 13.3. The summed E-state index contributed by atoms with van der Waals surface area (Å²) in [6, 6.07) is 21.3. The second-order valence-electron chi connectivity index (χ2n) is 10.4. The first-order valence-electron chi connectivity index (χ1n) is 15.9. The minimum atomic E-state index is 0.912. The van der Waals surface area contributed by atoms with Crippen molar-refractivity contribution in [2.24, 2.45) is 0 Å². The molecule has 228 valence electrons. The molecule has 0 nitrogen and oxygen atoms in total. The molecule has 2 aromatic rings. The molecule has 0 heterocycles. The molecule has 0 aliphatic heterocycles. The largest absolute Gasteiger partial charge is 0.0984 e. The molecule has 2 rings (SSSR count). The van der Waals surface area contributed by atoms with Crippen LogP contribution in [0.5, 0.6) is 0 Å². The minimum absolute atomic E-state index is 0.912. The topological polar surface area (TPSA) is 0 Å². The fourth-order valence-corrected chi connectivity index (χ4v) is 5.81. The van der Waals surface area contributed by atoms with Crippen LogP contribution in [0.15, 0.2) is 179 Å². The average molecular weight is 581 g/mol. The maximum Gasteiger partial charge on any atom is -0.0106 e. The lowest BCUT2D eigenvalue weighted by Gasteiger charge is -2.23. The maximum atomic E-state index is 4.34.